The van der Waals surface area contributed by atoms with Crippen LogP contribution in [0.3, 0.4) is 0 Å². The van der Waals surface area contributed by atoms with E-state index in [4.69, 9.17) is 11.6 Å². The van der Waals surface area contributed by atoms with Gasteiger partial charge in [0.2, 0.25) is 5.82 Å². The maximum absolute atomic E-state index is 5.88. The van der Waals surface area contributed by atoms with Gasteiger partial charge >= 0.3 is 0 Å². The van der Waals surface area contributed by atoms with E-state index >= 15 is 0 Å². The molecule has 1 heterocycles. The number of hydrogen-bond donors (Lipinski definition) is 0. The Morgan fingerprint density at radius 2 is 1.68 bits per heavy atom. The lowest BCUT2D eigenvalue weighted by Gasteiger charge is -2.11. The first-order valence-electron chi connectivity index (χ1n) is 6.92. The van der Waals surface area contributed by atoms with Gasteiger partial charge in [0.15, 0.2) is 0 Å². The summed E-state index contributed by atoms with van der Waals surface area (Å²) in [5.74, 6) is 0.624. The Morgan fingerprint density at radius 3 is 2.32 bits per heavy atom. The van der Waals surface area contributed by atoms with Crippen molar-refractivity contribution in [3.8, 4) is 11.4 Å². The topological polar surface area (TPSA) is 46.8 Å². The van der Waals surface area contributed by atoms with Crippen LogP contribution in [0.1, 0.15) is 5.56 Å². The van der Waals surface area contributed by atoms with E-state index < -0.39 is 0 Å². The lowest BCUT2D eigenvalue weighted by molar-refractivity contribution is 0.573. The lowest BCUT2D eigenvalue weighted by Crippen LogP contribution is -2.08. The van der Waals surface area contributed by atoms with Crippen molar-refractivity contribution in [3.63, 3.8) is 0 Å². The van der Waals surface area contributed by atoms with Crippen LogP contribution in [-0.4, -0.2) is 34.3 Å². The first-order valence-corrected chi connectivity index (χ1v) is 7.29. The Kier molecular flexibility index (Phi) is 4.06. The molecule has 0 fully saturated rings. The molecular weight excluding hydrogens is 298 g/mol. The third-order valence-corrected chi connectivity index (χ3v) is 3.58. The highest BCUT2D eigenvalue weighted by Crippen LogP contribution is 2.18. The molecule has 3 rings (SSSR count). The molecule has 0 saturated carbocycles. The molecule has 0 aliphatic rings. The zero-order valence-electron chi connectivity index (χ0n) is 12.4. The molecule has 2 aromatic carbocycles. The Morgan fingerprint density at radius 1 is 1.00 bits per heavy atom. The number of hydrogen-bond acceptors (Lipinski definition) is 4. The number of aromatic nitrogens is 4. The summed E-state index contributed by atoms with van der Waals surface area (Å²) in [5.41, 5.74) is 3.17. The van der Waals surface area contributed by atoms with Crippen LogP contribution in [0.2, 0.25) is 5.02 Å². The first-order chi connectivity index (χ1) is 10.6. The highest BCUT2D eigenvalue weighted by molar-refractivity contribution is 6.30. The fourth-order valence-electron chi connectivity index (χ4n) is 2.09. The normalized spacial score (nSPS) is 10.7. The van der Waals surface area contributed by atoms with Gasteiger partial charge in [-0.1, -0.05) is 23.7 Å². The van der Waals surface area contributed by atoms with Crippen molar-refractivity contribution in [1.82, 2.24) is 20.2 Å². The smallest absolute Gasteiger partial charge is 0.204 e. The molecule has 0 amide bonds. The average molecular weight is 314 g/mol. The van der Waals surface area contributed by atoms with E-state index in [0.717, 1.165) is 21.8 Å². The molecular formula is C16H16ClN5. The third kappa shape index (κ3) is 3.26. The summed E-state index contributed by atoms with van der Waals surface area (Å²) in [4.78, 5) is 3.63. The Bertz CT molecular complexity index is 747. The van der Waals surface area contributed by atoms with E-state index in [9.17, 15) is 0 Å². The van der Waals surface area contributed by atoms with Gasteiger partial charge < -0.3 is 4.90 Å². The van der Waals surface area contributed by atoms with Crippen LogP contribution in [-0.2, 0) is 6.54 Å². The van der Waals surface area contributed by atoms with Gasteiger partial charge in [-0.3, -0.25) is 0 Å². The minimum Gasteiger partial charge on any atom is -0.378 e. The maximum Gasteiger partial charge on any atom is 0.204 e. The van der Waals surface area contributed by atoms with E-state index in [2.05, 4.69) is 20.3 Å². The molecule has 6 heteroatoms. The fraction of sp³-hybridized carbons (Fsp3) is 0.188. The SMILES string of the molecule is CN(C)c1ccc(-c2nnn(Cc3ccc(Cl)cc3)n2)cc1. The van der Waals surface area contributed by atoms with Crippen LogP contribution >= 0.6 is 11.6 Å². The number of nitrogens with zero attached hydrogens (tertiary/aromatic N) is 5. The highest BCUT2D eigenvalue weighted by Gasteiger charge is 2.07. The fourth-order valence-corrected chi connectivity index (χ4v) is 2.21. The zero-order valence-corrected chi connectivity index (χ0v) is 13.2. The standard InChI is InChI=1S/C16H16ClN5/c1-21(2)15-9-5-13(6-10-15)16-18-20-22(19-16)11-12-3-7-14(17)8-4-12/h3-10H,11H2,1-2H3. The van der Waals surface area contributed by atoms with Crippen molar-refractivity contribution in [2.75, 3.05) is 19.0 Å². The van der Waals surface area contributed by atoms with Gasteiger partial charge in [0.1, 0.15) is 0 Å². The van der Waals surface area contributed by atoms with Crippen LogP contribution < -0.4 is 4.90 Å². The molecule has 0 aliphatic heterocycles. The number of tetrazole rings is 1. The van der Waals surface area contributed by atoms with Crippen molar-refractivity contribution >= 4 is 17.3 Å². The lowest BCUT2D eigenvalue weighted by atomic mass is 10.2. The van der Waals surface area contributed by atoms with E-state index in [0.29, 0.717) is 12.4 Å². The summed E-state index contributed by atoms with van der Waals surface area (Å²) in [5, 5.41) is 13.4. The second-order valence-electron chi connectivity index (χ2n) is 5.21. The molecule has 22 heavy (non-hydrogen) atoms. The minimum absolute atomic E-state index is 0.569. The van der Waals surface area contributed by atoms with Crippen molar-refractivity contribution in [2.45, 2.75) is 6.54 Å². The van der Waals surface area contributed by atoms with Gasteiger partial charge in [0.05, 0.1) is 6.54 Å². The summed E-state index contributed by atoms with van der Waals surface area (Å²) >= 11 is 5.88. The maximum atomic E-state index is 5.88. The molecule has 0 spiro atoms. The van der Waals surface area contributed by atoms with E-state index in [1.807, 2.05) is 62.6 Å². The Labute approximate surface area is 134 Å². The minimum atomic E-state index is 0.569. The first kappa shape index (κ1) is 14.5. The summed E-state index contributed by atoms with van der Waals surface area (Å²) in [6, 6.07) is 15.7. The second kappa shape index (κ2) is 6.15. The Balaban J connectivity index is 1.77. The molecule has 5 nitrogen and oxygen atoms in total. The molecule has 0 aliphatic carbocycles. The molecule has 0 atom stereocenters. The molecule has 0 unspecified atom stereocenters. The van der Waals surface area contributed by atoms with Gasteiger partial charge in [0, 0.05) is 30.4 Å². The van der Waals surface area contributed by atoms with Crippen LogP contribution in [0, 0.1) is 0 Å². The third-order valence-electron chi connectivity index (χ3n) is 3.33. The number of benzene rings is 2. The van der Waals surface area contributed by atoms with E-state index in [-0.39, 0.29) is 0 Å². The Hall–Kier alpha value is -2.40. The number of anilines is 1. The van der Waals surface area contributed by atoms with Crippen LogP contribution in [0.25, 0.3) is 11.4 Å². The van der Waals surface area contributed by atoms with Crippen molar-refractivity contribution in [1.29, 1.82) is 0 Å². The van der Waals surface area contributed by atoms with Gasteiger partial charge in [-0.05, 0) is 47.2 Å². The van der Waals surface area contributed by atoms with E-state index in [1.54, 1.807) is 4.80 Å². The molecule has 0 bridgehead atoms. The summed E-state index contributed by atoms with van der Waals surface area (Å²) in [6.07, 6.45) is 0. The van der Waals surface area contributed by atoms with Crippen molar-refractivity contribution in [3.05, 3.63) is 59.1 Å². The van der Waals surface area contributed by atoms with Crippen LogP contribution in [0.5, 0.6) is 0 Å². The van der Waals surface area contributed by atoms with Gasteiger partial charge in [-0.25, -0.2) is 0 Å². The van der Waals surface area contributed by atoms with E-state index in [1.165, 1.54) is 0 Å². The quantitative estimate of drug-likeness (QED) is 0.742. The molecule has 3 aromatic rings. The predicted molar refractivity (Wildman–Crippen MR) is 88.1 cm³/mol. The van der Waals surface area contributed by atoms with Gasteiger partial charge in [0.25, 0.3) is 0 Å². The van der Waals surface area contributed by atoms with Crippen molar-refractivity contribution < 1.29 is 0 Å². The molecule has 112 valence electrons. The predicted octanol–water partition coefficient (Wildman–Crippen LogP) is 3.11. The highest BCUT2D eigenvalue weighted by atomic mass is 35.5. The van der Waals surface area contributed by atoms with Crippen LogP contribution in [0.4, 0.5) is 5.69 Å². The van der Waals surface area contributed by atoms with Crippen molar-refractivity contribution in [2.24, 2.45) is 0 Å². The summed E-state index contributed by atoms with van der Waals surface area (Å²) in [6.45, 7) is 0.569. The zero-order chi connectivity index (χ0) is 15.5. The summed E-state index contributed by atoms with van der Waals surface area (Å²) < 4.78 is 0. The largest absolute Gasteiger partial charge is 0.378 e. The molecule has 1 aromatic heterocycles. The summed E-state index contributed by atoms with van der Waals surface area (Å²) in [7, 11) is 4.02. The number of rotatable bonds is 4. The van der Waals surface area contributed by atoms with Crippen LogP contribution in [0.15, 0.2) is 48.5 Å². The van der Waals surface area contributed by atoms with Gasteiger partial charge in [-0.2, -0.15) is 4.80 Å². The second-order valence-corrected chi connectivity index (χ2v) is 5.65. The number of halogens is 1. The average Bonchev–Trinajstić information content (AvgIpc) is 2.98. The molecule has 0 radical (unpaired) electrons. The molecule has 0 N–H and O–H groups in total. The monoisotopic (exact) mass is 313 g/mol. The van der Waals surface area contributed by atoms with Gasteiger partial charge in [-0.15, -0.1) is 10.2 Å². The molecule has 0 saturated heterocycles.